The Morgan fingerprint density at radius 1 is 1.25 bits per heavy atom. The highest BCUT2D eigenvalue weighted by molar-refractivity contribution is 5.58. The lowest BCUT2D eigenvalue weighted by Crippen LogP contribution is -2.60. The number of hydrogen-bond acceptors (Lipinski definition) is 5. The molecule has 5 nitrogen and oxygen atoms in total. The number of likely N-dealkylation sites (tertiary alicyclic amines) is 1. The van der Waals surface area contributed by atoms with Crippen molar-refractivity contribution in [1.29, 1.82) is 0 Å². The Labute approximate surface area is 142 Å². The molecule has 3 aliphatic rings. The molecule has 1 fully saturated rings. The second-order valence-electron chi connectivity index (χ2n) is 7.30. The predicted molar refractivity (Wildman–Crippen MR) is 90.3 cm³/mol. The number of aliphatic hydroxyl groups excluding tert-OH is 1. The van der Waals surface area contributed by atoms with Crippen LogP contribution in [0.4, 0.5) is 0 Å². The Morgan fingerprint density at radius 3 is 2.75 bits per heavy atom. The van der Waals surface area contributed by atoms with Gasteiger partial charge >= 0.3 is 0 Å². The van der Waals surface area contributed by atoms with Gasteiger partial charge in [0.25, 0.3) is 0 Å². The number of aromatic hydroxyl groups is 1. The summed E-state index contributed by atoms with van der Waals surface area (Å²) in [6.07, 6.45) is 3.95. The van der Waals surface area contributed by atoms with Crippen molar-refractivity contribution in [3.05, 3.63) is 35.1 Å². The molecule has 1 aromatic rings. The van der Waals surface area contributed by atoms with Crippen LogP contribution in [0.25, 0.3) is 0 Å². The average molecular weight is 331 g/mol. The Morgan fingerprint density at radius 2 is 2.04 bits per heavy atom. The van der Waals surface area contributed by atoms with Crippen molar-refractivity contribution in [1.82, 2.24) is 4.90 Å². The Bertz CT molecular complexity index is 701. The number of ether oxygens (including phenoxy) is 2. The summed E-state index contributed by atoms with van der Waals surface area (Å²) in [4.78, 5) is 2.39. The van der Waals surface area contributed by atoms with Crippen molar-refractivity contribution in [2.24, 2.45) is 5.92 Å². The van der Waals surface area contributed by atoms with E-state index in [0.29, 0.717) is 24.0 Å². The van der Waals surface area contributed by atoms with Gasteiger partial charge in [-0.2, -0.15) is 0 Å². The van der Waals surface area contributed by atoms with Gasteiger partial charge < -0.3 is 24.6 Å². The molecule has 0 aromatic heterocycles. The minimum atomic E-state index is -0.573. The van der Waals surface area contributed by atoms with E-state index in [1.807, 2.05) is 6.07 Å². The van der Waals surface area contributed by atoms with E-state index in [0.717, 1.165) is 24.9 Å². The highest BCUT2D eigenvalue weighted by Gasteiger charge is 2.56. The number of phenols is 1. The fourth-order valence-corrected chi connectivity index (χ4v) is 5.19. The third kappa shape index (κ3) is 1.94. The van der Waals surface area contributed by atoms with E-state index >= 15 is 0 Å². The summed E-state index contributed by atoms with van der Waals surface area (Å²) >= 11 is 0. The molecular formula is C19H25NO4. The molecule has 130 valence electrons. The van der Waals surface area contributed by atoms with Crippen LogP contribution in [0.3, 0.4) is 0 Å². The first-order valence-electron chi connectivity index (χ1n) is 8.56. The van der Waals surface area contributed by atoms with Crippen molar-refractivity contribution >= 4 is 0 Å². The largest absolute Gasteiger partial charge is 0.504 e. The molecule has 2 aliphatic carbocycles. The molecule has 1 heterocycles. The number of nitrogens with zero attached hydrogens (tertiary/aromatic N) is 1. The van der Waals surface area contributed by atoms with Crippen LogP contribution in [0.2, 0.25) is 0 Å². The van der Waals surface area contributed by atoms with E-state index in [9.17, 15) is 10.2 Å². The van der Waals surface area contributed by atoms with E-state index in [4.69, 9.17) is 9.47 Å². The molecule has 5 heteroatoms. The van der Waals surface area contributed by atoms with Crippen LogP contribution in [-0.2, 0) is 16.6 Å². The second kappa shape index (κ2) is 5.39. The van der Waals surface area contributed by atoms with Crippen LogP contribution in [0, 0.1) is 5.92 Å². The Balaban J connectivity index is 1.99. The minimum Gasteiger partial charge on any atom is -0.504 e. The third-order valence-electron chi connectivity index (χ3n) is 6.35. The van der Waals surface area contributed by atoms with Gasteiger partial charge in [0.15, 0.2) is 11.5 Å². The molecule has 24 heavy (non-hydrogen) atoms. The van der Waals surface area contributed by atoms with Gasteiger partial charge in [-0.15, -0.1) is 0 Å². The van der Waals surface area contributed by atoms with Crippen molar-refractivity contribution in [3.8, 4) is 11.5 Å². The lowest BCUT2D eigenvalue weighted by molar-refractivity contribution is -0.00519. The zero-order valence-electron chi connectivity index (χ0n) is 14.5. The van der Waals surface area contributed by atoms with Gasteiger partial charge in [-0.3, -0.25) is 0 Å². The standard InChI is InChI=1S/C19H25NO4/c1-20-7-6-19-10-16(24-3)14(21)9-12(19)13(20)8-11-4-5-15(23-2)18(22)17(11)19/h4-5,10,12-14,21-22H,6-9H2,1-3H3. The molecule has 4 rings (SSSR count). The molecule has 4 atom stereocenters. The van der Waals surface area contributed by atoms with E-state index in [1.165, 1.54) is 5.56 Å². The zero-order chi connectivity index (χ0) is 17.1. The first-order chi connectivity index (χ1) is 11.5. The normalized spacial score (nSPS) is 34.8. The quantitative estimate of drug-likeness (QED) is 0.865. The van der Waals surface area contributed by atoms with Crippen LogP contribution in [0.1, 0.15) is 24.0 Å². The van der Waals surface area contributed by atoms with Crippen LogP contribution in [0.5, 0.6) is 11.5 Å². The number of hydrogen-bond donors (Lipinski definition) is 2. The molecule has 1 aromatic carbocycles. The fraction of sp³-hybridized carbons (Fsp3) is 0.579. The number of piperidine rings is 1. The van der Waals surface area contributed by atoms with Gasteiger partial charge in [-0.25, -0.2) is 0 Å². The summed E-state index contributed by atoms with van der Waals surface area (Å²) in [6.45, 7) is 0.959. The number of rotatable bonds is 2. The molecule has 0 amide bonds. The van der Waals surface area contributed by atoms with Crippen molar-refractivity contribution < 1.29 is 19.7 Å². The van der Waals surface area contributed by atoms with E-state index in [2.05, 4.69) is 24.1 Å². The maximum atomic E-state index is 10.9. The summed E-state index contributed by atoms with van der Waals surface area (Å²) in [7, 11) is 5.34. The Hall–Kier alpha value is -1.72. The van der Waals surface area contributed by atoms with Crippen LogP contribution in [-0.4, -0.2) is 55.1 Å². The van der Waals surface area contributed by atoms with Gasteiger partial charge in [-0.05, 0) is 56.5 Å². The van der Waals surface area contributed by atoms with E-state index in [1.54, 1.807) is 14.2 Å². The zero-order valence-corrected chi connectivity index (χ0v) is 14.5. The average Bonchev–Trinajstić information content (AvgIpc) is 2.58. The van der Waals surface area contributed by atoms with Gasteiger partial charge in [0.1, 0.15) is 11.9 Å². The maximum Gasteiger partial charge on any atom is 0.162 e. The first-order valence-corrected chi connectivity index (χ1v) is 8.56. The monoisotopic (exact) mass is 331 g/mol. The second-order valence-corrected chi connectivity index (χ2v) is 7.30. The number of allylic oxidation sites excluding steroid dienone is 1. The SMILES string of the molecule is COC1=CC23CCN(C)C(Cc4ccc(OC)c(O)c42)C3CC1O. The van der Waals surface area contributed by atoms with Gasteiger partial charge in [0.2, 0.25) is 0 Å². The number of fused-ring (bicyclic) bond motifs is 1. The highest BCUT2D eigenvalue weighted by Crippen LogP contribution is 2.57. The summed E-state index contributed by atoms with van der Waals surface area (Å²) in [5.41, 5.74) is 1.84. The number of benzene rings is 1. The number of methoxy groups -OCH3 is 2. The lowest BCUT2D eigenvalue weighted by atomic mass is 9.54. The van der Waals surface area contributed by atoms with E-state index < -0.39 is 6.10 Å². The van der Waals surface area contributed by atoms with Gasteiger partial charge in [-0.1, -0.05) is 6.07 Å². The number of aliphatic hydroxyl groups is 1. The molecule has 0 saturated carbocycles. The lowest BCUT2D eigenvalue weighted by Gasteiger charge is -2.57. The van der Waals surface area contributed by atoms with E-state index in [-0.39, 0.29) is 17.1 Å². The molecule has 0 radical (unpaired) electrons. The van der Waals surface area contributed by atoms with Crippen molar-refractivity contribution in [2.45, 2.75) is 36.8 Å². The van der Waals surface area contributed by atoms with Gasteiger partial charge in [0, 0.05) is 17.0 Å². The molecule has 0 spiro atoms. The molecule has 2 N–H and O–H groups in total. The van der Waals surface area contributed by atoms with Gasteiger partial charge in [0.05, 0.1) is 14.2 Å². The number of phenolic OH excluding ortho intramolecular Hbond substituents is 1. The summed E-state index contributed by atoms with van der Waals surface area (Å²) < 4.78 is 10.8. The molecule has 1 aliphatic heterocycles. The number of likely N-dealkylation sites (N-methyl/N-ethyl adjacent to an activating group) is 1. The van der Waals surface area contributed by atoms with Crippen LogP contribution < -0.4 is 4.74 Å². The van der Waals surface area contributed by atoms with Crippen LogP contribution >= 0.6 is 0 Å². The first kappa shape index (κ1) is 15.8. The minimum absolute atomic E-state index is 0.242. The highest BCUT2D eigenvalue weighted by atomic mass is 16.5. The van der Waals surface area contributed by atoms with Crippen molar-refractivity contribution in [2.75, 3.05) is 27.8 Å². The maximum absolute atomic E-state index is 10.9. The molecular weight excluding hydrogens is 306 g/mol. The smallest absolute Gasteiger partial charge is 0.162 e. The molecule has 4 unspecified atom stereocenters. The summed E-state index contributed by atoms with van der Waals surface area (Å²) in [5.74, 6) is 1.63. The third-order valence-corrected chi connectivity index (χ3v) is 6.35. The topological polar surface area (TPSA) is 62.2 Å². The Kier molecular flexibility index (Phi) is 3.55. The predicted octanol–water partition coefficient (Wildman–Crippen LogP) is 1.81. The van der Waals surface area contributed by atoms with Crippen molar-refractivity contribution in [3.63, 3.8) is 0 Å². The molecule has 2 bridgehead atoms. The summed E-state index contributed by atoms with van der Waals surface area (Å²) in [5, 5.41) is 21.4. The molecule has 1 saturated heterocycles. The fourth-order valence-electron chi connectivity index (χ4n) is 5.19. The van der Waals surface area contributed by atoms with Crippen LogP contribution in [0.15, 0.2) is 24.0 Å². The summed E-state index contributed by atoms with van der Waals surface area (Å²) in [6, 6.07) is 4.28.